The molecule has 6 nitrogen and oxygen atoms in total. The van der Waals surface area contributed by atoms with Gasteiger partial charge in [0.1, 0.15) is 5.75 Å². The standard InChI is InChI=1S/C20H20N2O4S/c1-22(18-10-11-27(24,25)14-18)20(23)13-26-19-8-6-17(7-9-19)16-4-2-15(12-21)3-5-16/h2-9,18H,10-11,13-14H2,1H3/t18-/m1/s1. The van der Waals surface area contributed by atoms with E-state index >= 15 is 0 Å². The van der Waals surface area contributed by atoms with Crippen LogP contribution in [0.5, 0.6) is 5.75 Å². The summed E-state index contributed by atoms with van der Waals surface area (Å²) in [6, 6.07) is 16.4. The van der Waals surface area contributed by atoms with Crippen LogP contribution >= 0.6 is 0 Å². The first-order valence-corrected chi connectivity index (χ1v) is 10.4. The average Bonchev–Trinajstić information content (AvgIpc) is 3.05. The number of rotatable bonds is 5. The molecule has 0 spiro atoms. The monoisotopic (exact) mass is 384 g/mol. The second-order valence-corrected chi connectivity index (χ2v) is 8.79. The Morgan fingerprint density at radius 3 is 2.26 bits per heavy atom. The Balaban J connectivity index is 1.56. The van der Waals surface area contributed by atoms with Crippen molar-refractivity contribution in [3.8, 4) is 22.9 Å². The lowest BCUT2D eigenvalue weighted by Gasteiger charge is -2.23. The number of ether oxygens (including phenoxy) is 1. The van der Waals surface area contributed by atoms with Gasteiger partial charge in [-0.3, -0.25) is 4.79 Å². The highest BCUT2D eigenvalue weighted by molar-refractivity contribution is 7.91. The molecule has 1 atom stereocenters. The lowest BCUT2D eigenvalue weighted by molar-refractivity contribution is -0.133. The quantitative estimate of drug-likeness (QED) is 0.789. The molecule has 0 N–H and O–H groups in total. The number of amides is 1. The van der Waals surface area contributed by atoms with Gasteiger partial charge in [0.15, 0.2) is 16.4 Å². The number of carbonyl (C=O) groups is 1. The van der Waals surface area contributed by atoms with Crippen LogP contribution in [0.4, 0.5) is 0 Å². The van der Waals surface area contributed by atoms with Crippen LogP contribution < -0.4 is 4.74 Å². The third-order valence-corrected chi connectivity index (χ3v) is 6.46. The van der Waals surface area contributed by atoms with Gasteiger partial charge >= 0.3 is 0 Å². The lowest BCUT2D eigenvalue weighted by Crippen LogP contribution is -2.40. The van der Waals surface area contributed by atoms with E-state index in [4.69, 9.17) is 10.00 Å². The van der Waals surface area contributed by atoms with Crippen molar-refractivity contribution in [2.45, 2.75) is 12.5 Å². The maximum absolute atomic E-state index is 12.2. The van der Waals surface area contributed by atoms with Crippen molar-refractivity contribution < 1.29 is 17.9 Å². The molecule has 27 heavy (non-hydrogen) atoms. The molecule has 140 valence electrons. The molecule has 1 saturated heterocycles. The van der Waals surface area contributed by atoms with E-state index < -0.39 is 9.84 Å². The molecule has 0 radical (unpaired) electrons. The van der Waals surface area contributed by atoms with Crippen molar-refractivity contribution in [3.05, 3.63) is 54.1 Å². The van der Waals surface area contributed by atoms with Gasteiger partial charge in [0.05, 0.1) is 23.1 Å². The smallest absolute Gasteiger partial charge is 0.260 e. The lowest BCUT2D eigenvalue weighted by atomic mass is 10.0. The molecule has 2 aromatic carbocycles. The Morgan fingerprint density at radius 2 is 1.74 bits per heavy atom. The molecule has 0 aliphatic carbocycles. The summed E-state index contributed by atoms with van der Waals surface area (Å²) in [5.74, 6) is 0.475. The Labute approximate surface area is 158 Å². The third-order valence-electron chi connectivity index (χ3n) is 4.71. The average molecular weight is 384 g/mol. The highest BCUT2D eigenvalue weighted by Gasteiger charge is 2.32. The largest absolute Gasteiger partial charge is 0.484 e. The first kappa shape index (κ1) is 18.9. The minimum Gasteiger partial charge on any atom is -0.484 e. The Bertz CT molecular complexity index is 961. The minimum absolute atomic E-state index is 0.0223. The molecule has 1 fully saturated rings. The summed E-state index contributed by atoms with van der Waals surface area (Å²) in [5, 5.41) is 8.85. The van der Waals surface area contributed by atoms with Gasteiger partial charge in [-0.25, -0.2) is 8.42 Å². The van der Waals surface area contributed by atoms with Crippen LogP contribution in [0.25, 0.3) is 11.1 Å². The normalized spacial score (nSPS) is 17.9. The molecular weight excluding hydrogens is 364 g/mol. The van der Waals surface area contributed by atoms with E-state index in [1.54, 1.807) is 31.3 Å². The van der Waals surface area contributed by atoms with Gasteiger partial charge in [-0.15, -0.1) is 0 Å². The molecule has 1 aliphatic rings. The summed E-state index contributed by atoms with van der Waals surface area (Å²) in [4.78, 5) is 13.7. The maximum Gasteiger partial charge on any atom is 0.260 e. The molecule has 0 aromatic heterocycles. The van der Waals surface area contributed by atoms with Crippen molar-refractivity contribution >= 4 is 15.7 Å². The highest BCUT2D eigenvalue weighted by Crippen LogP contribution is 2.23. The Kier molecular flexibility index (Phi) is 5.47. The summed E-state index contributed by atoms with van der Waals surface area (Å²) >= 11 is 0. The number of carbonyl (C=O) groups excluding carboxylic acids is 1. The molecular formula is C20H20N2O4S. The van der Waals surface area contributed by atoms with Crippen molar-refractivity contribution in [2.75, 3.05) is 25.2 Å². The van der Waals surface area contributed by atoms with Crippen LogP contribution in [-0.4, -0.2) is 50.4 Å². The van der Waals surface area contributed by atoms with E-state index in [0.29, 0.717) is 17.7 Å². The zero-order valence-electron chi connectivity index (χ0n) is 15.0. The zero-order chi connectivity index (χ0) is 19.4. The number of sulfone groups is 1. The minimum atomic E-state index is -3.03. The topological polar surface area (TPSA) is 87.5 Å². The molecule has 0 unspecified atom stereocenters. The number of hydrogen-bond donors (Lipinski definition) is 0. The van der Waals surface area contributed by atoms with E-state index in [1.165, 1.54) is 4.90 Å². The van der Waals surface area contributed by atoms with Gasteiger partial charge in [0.2, 0.25) is 0 Å². The van der Waals surface area contributed by atoms with Crippen molar-refractivity contribution in [1.82, 2.24) is 4.90 Å². The second-order valence-electron chi connectivity index (χ2n) is 6.56. The van der Waals surface area contributed by atoms with Crippen LogP contribution in [0.2, 0.25) is 0 Å². The maximum atomic E-state index is 12.2. The molecule has 1 aliphatic heterocycles. The van der Waals surface area contributed by atoms with Crippen LogP contribution in [-0.2, 0) is 14.6 Å². The van der Waals surface area contributed by atoms with E-state index in [2.05, 4.69) is 6.07 Å². The Morgan fingerprint density at radius 1 is 1.15 bits per heavy atom. The number of benzene rings is 2. The van der Waals surface area contributed by atoms with Crippen molar-refractivity contribution in [1.29, 1.82) is 5.26 Å². The first-order chi connectivity index (χ1) is 12.9. The fourth-order valence-corrected chi connectivity index (χ4v) is 4.79. The number of nitriles is 1. The van der Waals surface area contributed by atoms with Crippen molar-refractivity contribution in [3.63, 3.8) is 0 Å². The predicted molar refractivity (Wildman–Crippen MR) is 102 cm³/mol. The molecule has 3 rings (SSSR count). The fraction of sp³-hybridized carbons (Fsp3) is 0.300. The van der Waals surface area contributed by atoms with Gasteiger partial charge in [0, 0.05) is 13.1 Å². The number of likely N-dealkylation sites (N-methyl/N-ethyl adjacent to an activating group) is 1. The van der Waals surface area contributed by atoms with Gasteiger partial charge in [0.25, 0.3) is 5.91 Å². The van der Waals surface area contributed by atoms with Crippen LogP contribution in [0.3, 0.4) is 0 Å². The number of hydrogen-bond acceptors (Lipinski definition) is 5. The summed E-state index contributed by atoms with van der Waals surface area (Å²) in [5.41, 5.74) is 2.57. The van der Waals surface area contributed by atoms with Gasteiger partial charge < -0.3 is 9.64 Å². The summed E-state index contributed by atoms with van der Waals surface area (Å²) in [6.45, 7) is -0.136. The van der Waals surface area contributed by atoms with Gasteiger partial charge in [-0.1, -0.05) is 24.3 Å². The highest BCUT2D eigenvalue weighted by atomic mass is 32.2. The molecule has 7 heteroatoms. The number of nitrogens with zero attached hydrogens (tertiary/aromatic N) is 2. The summed E-state index contributed by atoms with van der Waals surface area (Å²) < 4.78 is 28.6. The van der Waals surface area contributed by atoms with Gasteiger partial charge in [-0.2, -0.15) is 5.26 Å². The van der Waals surface area contributed by atoms with Crippen LogP contribution in [0, 0.1) is 11.3 Å². The SMILES string of the molecule is CN(C(=O)COc1ccc(-c2ccc(C#N)cc2)cc1)[C@@H]1CCS(=O)(=O)C1. The molecule has 0 bridgehead atoms. The molecule has 2 aromatic rings. The van der Waals surface area contributed by atoms with Crippen LogP contribution in [0.15, 0.2) is 48.5 Å². The van der Waals surface area contributed by atoms with Crippen molar-refractivity contribution in [2.24, 2.45) is 0 Å². The van der Waals surface area contributed by atoms with Crippen LogP contribution in [0.1, 0.15) is 12.0 Å². The first-order valence-electron chi connectivity index (χ1n) is 8.57. The predicted octanol–water partition coefficient (Wildman–Crippen LogP) is 2.25. The summed E-state index contributed by atoms with van der Waals surface area (Å²) in [7, 11) is -1.41. The van der Waals surface area contributed by atoms with E-state index in [9.17, 15) is 13.2 Å². The fourth-order valence-electron chi connectivity index (χ4n) is 3.01. The summed E-state index contributed by atoms with van der Waals surface area (Å²) in [6.07, 6.45) is 0.476. The van der Waals surface area contributed by atoms with E-state index in [0.717, 1.165) is 11.1 Å². The second kappa shape index (κ2) is 7.80. The van der Waals surface area contributed by atoms with E-state index in [1.807, 2.05) is 24.3 Å². The molecule has 0 saturated carbocycles. The third kappa shape index (κ3) is 4.66. The Hall–Kier alpha value is -2.85. The molecule has 1 amide bonds. The van der Waals surface area contributed by atoms with Gasteiger partial charge in [-0.05, 0) is 41.8 Å². The molecule has 1 heterocycles. The van der Waals surface area contributed by atoms with E-state index in [-0.39, 0.29) is 30.1 Å². The zero-order valence-corrected chi connectivity index (χ0v) is 15.8.